The molecule has 1 amide bonds. The summed E-state index contributed by atoms with van der Waals surface area (Å²) < 4.78 is 5.26. The molecule has 1 rings (SSSR count). The van der Waals surface area contributed by atoms with Crippen LogP contribution in [0.3, 0.4) is 0 Å². The summed E-state index contributed by atoms with van der Waals surface area (Å²) in [6.45, 7) is 10.7. The van der Waals surface area contributed by atoms with Crippen molar-refractivity contribution < 1.29 is 9.53 Å². The molecule has 0 saturated carbocycles. The highest BCUT2D eigenvalue weighted by atomic mass is 16.6. The van der Waals surface area contributed by atoms with Crippen LogP contribution >= 0.6 is 0 Å². The molecule has 0 aliphatic carbocycles. The minimum Gasteiger partial charge on any atom is -0.444 e. The molecular weight excluding hydrogens is 228 g/mol. The molecule has 1 saturated heterocycles. The molecule has 1 fully saturated rings. The number of piperidine rings is 1. The number of ether oxygens (including phenoxy) is 1. The Bertz CT molecular complexity index is 259. The average molecular weight is 256 g/mol. The van der Waals surface area contributed by atoms with Gasteiger partial charge in [0.05, 0.1) is 0 Å². The van der Waals surface area contributed by atoms with Gasteiger partial charge < -0.3 is 15.4 Å². The molecule has 0 spiro atoms. The zero-order chi connectivity index (χ0) is 13.6. The molecule has 2 atom stereocenters. The summed E-state index contributed by atoms with van der Waals surface area (Å²) in [6, 6.07) is 0. The summed E-state index contributed by atoms with van der Waals surface area (Å²) in [5, 5.41) is 6.34. The van der Waals surface area contributed by atoms with Gasteiger partial charge in [0.1, 0.15) is 5.60 Å². The van der Waals surface area contributed by atoms with E-state index in [4.69, 9.17) is 4.74 Å². The van der Waals surface area contributed by atoms with Crippen LogP contribution in [0.25, 0.3) is 0 Å². The second-order valence-electron chi connectivity index (χ2n) is 6.18. The predicted molar refractivity (Wildman–Crippen MR) is 73.6 cm³/mol. The van der Waals surface area contributed by atoms with Gasteiger partial charge in [-0.2, -0.15) is 0 Å². The van der Waals surface area contributed by atoms with E-state index in [0.29, 0.717) is 11.8 Å². The first-order valence-electron chi connectivity index (χ1n) is 7.10. The summed E-state index contributed by atoms with van der Waals surface area (Å²) in [4.78, 5) is 11.6. The van der Waals surface area contributed by atoms with E-state index in [9.17, 15) is 4.79 Å². The zero-order valence-electron chi connectivity index (χ0n) is 12.2. The lowest BCUT2D eigenvalue weighted by Crippen LogP contribution is -2.43. The Morgan fingerprint density at radius 3 is 2.72 bits per heavy atom. The number of rotatable bonds is 4. The van der Waals surface area contributed by atoms with Crippen LogP contribution in [-0.2, 0) is 4.74 Å². The maximum absolute atomic E-state index is 11.6. The first kappa shape index (κ1) is 15.3. The van der Waals surface area contributed by atoms with Crippen LogP contribution in [0.4, 0.5) is 4.79 Å². The van der Waals surface area contributed by atoms with Crippen molar-refractivity contribution in [3.05, 3.63) is 0 Å². The minimum atomic E-state index is -0.416. The van der Waals surface area contributed by atoms with Crippen molar-refractivity contribution >= 4 is 6.09 Å². The third-order valence-corrected chi connectivity index (χ3v) is 3.33. The number of alkyl carbamates (subject to hydrolysis) is 1. The summed E-state index contributed by atoms with van der Waals surface area (Å²) in [7, 11) is 0. The molecular formula is C14H28N2O2. The number of amides is 1. The second-order valence-corrected chi connectivity index (χ2v) is 6.18. The lowest BCUT2D eigenvalue weighted by atomic mass is 9.83. The molecule has 106 valence electrons. The maximum Gasteiger partial charge on any atom is 0.407 e. The molecule has 1 aliphatic heterocycles. The van der Waals surface area contributed by atoms with E-state index in [1.807, 2.05) is 20.8 Å². The Balaban J connectivity index is 2.33. The minimum absolute atomic E-state index is 0.295. The standard InChI is InChI=1S/C14H28N2O2/c1-5-6-11-9-15-8-7-12(11)10-16-13(17)18-14(2,3)4/h11-12,15H,5-10H2,1-4H3,(H,16,17). The van der Waals surface area contributed by atoms with Gasteiger partial charge in [0, 0.05) is 6.54 Å². The summed E-state index contributed by atoms with van der Waals surface area (Å²) in [5.41, 5.74) is -0.416. The molecule has 0 aromatic carbocycles. The molecule has 0 aromatic heterocycles. The number of carbonyl (C=O) groups excluding carboxylic acids is 1. The molecule has 4 heteroatoms. The van der Waals surface area contributed by atoms with Crippen LogP contribution < -0.4 is 10.6 Å². The van der Waals surface area contributed by atoms with Crippen molar-refractivity contribution in [2.75, 3.05) is 19.6 Å². The van der Waals surface area contributed by atoms with Gasteiger partial charge in [-0.15, -0.1) is 0 Å². The molecule has 1 heterocycles. The van der Waals surface area contributed by atoms with Crippen molar-refractivity contribution in [2.24, 2.45) is 11.8 Å². The largest absolute Gasteiger partial charge is 0.444 e. The fraction of sp³-hybridized carbons (Fsp3) is 0.929. The Kier molecular flexibility index (Phi) is 5.93. The van der Waals surface area contributed by atoms with E-state index >= 15 is 0 Å². The van der Waals surface area contributed by atoms with Crippen LogP contribution in [0.5, 0.6) is 0 Å². The number of nitrogens with one attached hydrogen (secondary N) is 2. The van der Waals surface area contributed by atoms with Crippen molar-refractivity contribution in [3.8, 4) is 0 Å². The van der Waals surface area contributed by atoms with Gasteiger partial charge in [-0.05, 0) is 58.5 Å². The number of hydrogen-bond acceptors (Lipinski definition) is 3. The topological polar surface area (TPSA) is 50.4 Å². The van der Waals surface area contributed by atoms with E-state index in [1.54, 1.807) is 0 Å². The maximum atomic E-state index is 11.6. The van der Waals surface area contributed by atoms with Crippen LogP contribution in [0.15, 0.2) is 0 Å². The highest BCUT2D eigenvalue weighted by Gasteiger charge is 2.25. The molecule has 0 bridgehead atoms. The molecule has 4 nitrogen and oxygen atoms in total. The average Bonchev–Trinajstić information content (AvgIpc) is 2.26. The summed E-state index contributed by atoms with van der Waals surface area (Å²) >= 11 is 0. The Morgan fingerprint density at radius 2 is 2.11 bits per heavy atom. The Labute approximate surface area is 111 Å². The SMILES string of the molecule is CCCC1CNCCC1CNC(=O)OC(C)(C)C. The van der Waals surface area contributed by atoms with Crippen molar-refractivity contribution in [1.29, 1.82) is 0 Å². The van der Waals surface area contributed by atoms with Crippen LogP contribution in [0.1, 0.15) is 47.0 Å². The third-order valence-electron chi connectivity index (χ3n) is 3.33. The van der Waals surface area contributed by atoms with E-state index < -0.39 is 5.60 Å². The molecule has 18 heavy (non-hydrogen) atoms. The first-order chi connectivity index (χ1) is 8.42. The fourth-order valence-electron chi connectivity index (χ4n) is 2.48. The van der Waals surface area contributed by atoms with Crippen LogP contribution in [-0.4, -0.2) is 31.3 Å². The third kappa shape index (κ3) is 5.71. The van der Waals surface area contributed by atoms with Gasteiger partial charge in [0.2, 0.25) is 0 Å². The van der Waals surface area contributed by atoms with Gasteiger partial charge in [-0.3, -0.25) is 0 Å². The second kappa shape index (κ2) is 6.98. The smallest absolute Gasteiger partial charge is 0.407 e. The van der Waals surface area contributed by atoms with Gasteiger partial charge in [-0.1, -0.05) is 13.3 Å². The molecule has 1 aliphatic rings. The van der Waals surface area contributed by atoms with Gasteiger partial charge in [-0.25, -0.2) is 4.79 Å². The normalized spacial score (nSPS) is 24.7. The molecule has 2 unspecified atom stereocenters. The highest BCUT2D eigenvalue weighted by Crippen LogP contribution is 2.23. The van der Waals surface area contributed by atoms with Crippen molar-refractivity contribution in [1.82, 2.24) is 10.6 Å². The molecule has 2 N–H and O–H groups in total. The van der Waals surface area contributed by atoms with Gasteiger partial charge in [0.15, 0.2) is 0 Å². The van der Waals surface area contributed by atoms with Gasteiger partial charge in [0.25, 0.3) is 0 Å². The van der Waals surface area contributed by atoms with Crippen LogP contribution in [0.2, 0.25) is 0 Å². The molecule has 0 aromatic rings. The highest BCUT2D eigenvalue weighted by molar-refractivity contribution is 5.67. The van der Waals surface area contributed by atoms with E-state index in [1.165, 1.54) is 12.8 Å². The van der Waals surface area contributed by atoms with Crippen molar-refractivity contribution in [2.45, 2.75) is 52.6 Å². The lowest BCUT2D eigenvalue weighted by molar-refractivity contribution is 0.0507. The van der Waals surface area contributed by atoms with E-state index in [-0.39, 0.29) is 6.09 Å². The van der Waals surface area contributed by atoms with Crippen molar-refractivity contribution in [3.63, 3.8) is 0 Å². The van der Waals surface area contributed by atoms with Gasteiger partial charge >= 0.3 is 6.09 Å². The quantitative estimate of drug-likeness (QED) is 0.812. The summed E-state index contributed by atoms with van der Waals surface area (Å²) in [6.07, 6.45) is 3.28. The first-order valence-corrected chi connectivity index (χ1v) is 7.10. The Morgan fingerprint density at radius 1 is 1.39 bits per heavy atom. The Hall–Kier alpha value is -0.770. The van der Waals surface area contributed by atoms with Crippen LogP contribution in [0, 0.1) is 11.8 Å². The predicted octanol–water partition coefficient (Wildman–Crippen LogP) is 2.54. The lowest BCUT2D eigenvalue weighted by Gasteiger charge is -2.32. The number of carbonyl (C=O) groups is 1. The molecule has 0 radical (unpaired) electrons. The number of hydrogen-bond donors (Lipinski definition) is 2. The fourth-order valence-corrected chi connectivity index (χ4v) is 2.48. The van der Waals surface area contributed by atoms with E-state index in [2.05, 4.69) is 17.6 Å². The zero-order valence-corrected chi connectivity index (χ0v) is 12.2. The monoisotopic (exact) mass is 256 g/mol. The van der Waals surface area contributed by atoms with E-state index in [0.717, 1.165) is 26.1 Å². The summed E-state index contributed by atoms with van der Waals surface area (Å²) in [5.74, 6) is 1.26.